The van der Waals surface area contributed by atoms with Crippen molar-refractivity contribution < 1.29 is 50.4 Å². The summed E-state index contributed by atoms with van der Waals surface area (Å²) >= 11 is 6.62. The molecule has 4 bridgehead atoms. The van der Waals surface area contributed by atoms with Gasteiger partial charge in [0, 0.05) is 57.0 Å². The van der Waals surface area contributed by atoms with Crippen molar-refractivity contribution >= 4 is 87.5 Å². The molecule has 11 rings (SSSR count). The summed E-state index contributed by atoms with van der Waals surface area (Å²) in [5.74, 6) is 0.375. The van der Waals surface area contributed by atoms with Crippen LogP contribution >= 0.6 is 11.6 Å². The van der Waals surface area contributed by atoms with Crippen molar-refractivity contribution in [2.24, 2.45) is 0 Å². The van der Waals surface area contributed by atoms with Crippen LogP contribution in [0.3, 0.4) is 0 Å². The maximum atomic E-state index is 13.1. The van der Waals surface area contributed by atoms with E-state index in [2.05, 4.69) is 30.8 Å². The first-order chi connectivity index (χ1) is 35.1. The lowest BCUT2D eigenvalue weighted by molar-refractivity contribution is -0.00190. The Labute approximate surface area is 447 Å². The molecule has 21 heteroatoms. The van der Waals surface area contributed by atoms with Crippen molar-refractivity contribution in [3.05, 3.63) is 29.8 Å². The Balaban J connectivity index is 1.23. The van der Waals surface area contributed by atoms with Crippen LogP contribution in [-0.4, -0.2) is 82.6 Å². The molecule has 1 aromatic rings. The van der Waals surface area contributed by atoms with Gasteiger partial charge in [0.1, 0.15) is 0 Å². The van der Waals surface area contributed by atoms with Gasteiger partial charge in [0.2, 0.25) is 0 Å². The van der Waals surface area contributed by atoms with Crippen LogP contribution in [0.1, 0.15) is 230 Å². The van der Waals surface area contributed by atoms with E-state index < -0.39 is 70.7 Å². The minimum absolute atomic E-state index is 0.0138. The Morgan fingerprint density at radius 1 is 0.444 bits per heavy atom. The van der Waals surface area contributed by atoms with E-state index >= 15 is 0 Å². The van der Waals surface area contributed by atoms with Crippen LogP contribution < -0.4 is 5.19 Å². The third-order valence-electron chi connectivity index (χ3n) is 19.5. The van der Waals surface area contributed by atoms with Crippen molar-refractivity contribution in [3.63, 3.8) is 0 Å². The highest BCUT2D eigenvalue weighted by Crippen LogP contribution is 2.61. The van der Waals surface area contributed by atoms with Gasteiger partial charge in [-0.3, -0.25) is 0 Å². The van der Waals surface area contributed by atoms with Crippen LogP contribution in [-0.2, 0) is 51.5 Å². The van der Waals surface area contributed by atoms with Gasteiger partial charge < -0.3 is 50.4 Å². The first kappa shape index (κ1) is 54.7. The van der Waals surface area contributed by atoms with Gasteiger partial charge in [0.15, 0.2) is 0 Å². The third-order valence-corrected chi connectivity index (χ3v) is 55.9. The van der Waals surface area contributed by atoms with Gasteiger partial charge in [-0.1, -0.05) is 159 Å². The highest BCUT2D eigenvalue weighted by molar-refractivity contribution is 7.03. The summed E-state index contributed by atoms with van der Waals surface area (Å²) in [6, 6.07) is 8.49. The molecule has 0 amide bonds. The molecule has 7 aliphatic carbocycles. The SMILES string of the molecule is CO[Si]1(C2CCCCC2)O[Si]2(c3ccc(CCl)cc3)O[Si](O[Si](O)C3CCCCC3)(C3CCCCC3)O[Si]3(C4CCCCC4)O[Si](C)(C4CCCCC4)O[Si](C4CCCCC4)(O1)O[Si](C1CCCCC1)(O2)O3. The molecule has 0 spiro atoms. The molecule has 3 heterocycles. The Morgan fingerprint density at radius 3 is 1.24 bits per heavy atom. The van der Waals surface area contributed by atoms with Gasteiger partial charge >= 0.3 is 70.7 Å². The van der Waals surface area contributed by atoms with Crippen molar-refractivity contribution in [3.8, 4) is 0 Å². The molecule has 3 saturated heterocycles. The molecule has 405 valence electrons. The van der Waals surface area contributed by atoms with Gasteiger partial charge in [-0.05, 0) is 102 Å². The fourth-order valence-electron chi connectivity index (χ4n) is 15.3. The quantitative estimate of drug-likeness (QED) is 0.158. The molecule has 10 fully saturated rings. The molecule has 72 heavy (non-hydrogen) atoms. The van der Waals surface area contributed by atoms with Gasteiger partial charge in [0.05, 0.1) is 0 Å². The Hall–Kier alpha value is 0.765. The highest BCUT2D eigenvalue weighted by atomic mass is 35.5. The van der Waals surface area contributed by atoms with Gasteiger partial charge in [-0.2, -0.15) is 0 Å². The first-order valence-electron chi connectivity index (χ1n) is 29.8. The van der Waals surface area contributed by atoms with Crippen LogP contribution in [0.15, 0.2) is 24.3 Å². The number of hydrogen-bond donors (Lipinski definition) is 1. The standard InChI is InChI=1S/C51H90ClO12Si8/c1-54-67(46-28-14-5-15-29-46)58-69(48-32-18-7-19-33-48)56-66(2,45-26-12-4-13-27-45)57-70(49-34-20-8-21-35-49)60-68(47-30-16-6-17-31-47,55-65(53)44-24-10-3-11-25-44)61-72(59-67,51-40-38-43(42-52)39-41-51)64-71(62-69,63-70)50-36-22-9-23-37-50/h38-41,44-50,53H,3-37,42H2,1-2H3. The van der Waals surface area contributed by atoms with E-state index in [9.17, 15) is 4.80 Å². The molecular weight excluding hydrogens is 1060 g/mol. The third kappa shape index (κ3) is 11.0. The van der Waals surface area contributed by atoms with E-state index in [0.717, 1.165) is 203 Å². The number of halogens is 1. The normalized spacial score (nSPS) is 40.6. The number of hydrogen-bond acceptors (Lipinski definition) is 12. The zero-order chi connectivity index (χ0) is 49.3. The van der Waals surface area contributed by atoms with E-state index in [1.807, 2.05) is 7.11 Å². The van der Waals surface area contributed by atoms with Crippen molar-refractivity contribution in [1.29, 1.82) is 0 Å². The van der Waals surface area contributed by atoms with Crippen molar-refractivity contribution in [2.45, 2.75) is 276 Å². The molecule has 0 aromatic heterocycles. The maximum absolute atomic E-state index is 13.1. The molecular formula is C51H90ClO12Si8. The van der Waals surface area contributed by atoms with Crippen LogP contribution in [0.2, 0.25) is 45.3 Å². The van der Waals surface area contributed by atoms with Crippen LogP contribution in [0, 0.1) is 0 Å². The summed E-state index contributed by atoms with van der Waals surface area (Å²) in [4.78, 5) is 13.1. The van der Waals surface area contributed by atoms with E-state index in [1.54, 1.807) is 0 Å². The average molecular weight is 1160 g/mol. The maximum Gasteiger partial charge on any atom is 0.515 e. The second-order valence-corrected chi connectivity index (χ2v) is 49.3. The lowest BCUT2D eigenvalue weighted by Gasteiger charge is -2.63. The molecule has 1 aromatic carbocycles. The van der Waals surface area contributed by atoms with Gasteiger partial charge in [0.25, 0.3) is 0 Å². The van der Waals surface area contributed by atoms with Crippen molar-refractivity contribution in [2.75, 3.05) is 7.11 Å². The second kappa shape index (κ2) is 23.5. The molecule has 12 nitrogen and oxygen atoms in total. The average Bonchev–Trinajstić information content (AvgIpc) is 3.43. The molecule has 7 atom stereocenters. The Kier molecular flexibility index (Phi) is 17.8. The van der Waals surface area contributed by atoms with Crippen LogP contribution in [0.5, 0.6) is 0 Å². The van der Waals surface area contributed by atoms with Gasteiger partial charge in [-0.25, -0.2) is 0 Å². The summed E-state index contributed by atoms with van der Waals surface area (Å²) in [6.45, 7) is 2.38. The highest BCUT2D eigenvalue weighted by Gasteiger charge is 2.82. The number of alkyl halides is 1. The molecule has 7 unspecified atom stereocenters. The summed E-state index contributed by atoms with van der Waals surface area (Å²) in [7, 11) is -29.2. The smallest absolute Gasteiger partial charge is 0.410 e. The lowest BCUT2D eigenvalue weighted by Crippen LogP contribution is -2.86. The minimum Gasteiger partial charge on any atom is -0.410 e. The predicted molar refractivity (Wildman–Crippen MR) is 295 cm³/mol. The summed E-state index contributed by atoms with van der Waals surface area (Å²) < 4.78 is 92.8. The van der Waals surface area contributed by atoms with E-state index in [-0.39, 0.29) is 38.8 Å². The number of benzene rings is 1. The summed E-state index contributed by atoms with van der Waals surface area (Å²) in [6.07, 6.45) is 36.6. The fourth-order valence-corrected chi connectivity index (χ4v) is 63.5. The summed E-state index contributed by atoms with van der Waals surface area (Å²) in [5, 5.41) is 0.813. The summed E-state index contributed by atoms with van der Waals surface area (Å²) in [5.41, 5.74) is 1.07. The minimum atomic E-state index is -4.48. The Bertz CT molecular complexity index is 1910. The van der Waals surface area contributed by atoms with E-state index in [0.29, 0.717) is 5.88 Å². The molecule has 1 radical (unpaired) electrons. The van der Waals surface area contributed by atoms with Crippen LogP contribution in [0.25, 0.3) is 0 Å². The Morgan fingerprint density at radius 2 is 0.806 bits per heavy atom. The second-order valence-electron chi connectivity index (χ2n) is 24.3. The monoisotopic (exact) mass is 1150 g/mol. The molecule has 1 N–H and O–H groups in total. The number of fused-ring (bicyclic) bond motifs is 3. The zero-order valence-corrected chi connectivity index (χ0v) is 52.9. The van der Waals surface area contributed by atoms with E-state index in [1.165, 1.54) is 32.1 Å². The van der Waals surface area contributed by atoms with Crippen LogP contribution in [0.4, 0.5) is 0 Å². The molecule has 10 aliphatic rings. The lowest BCUT2D eigenvalue weighted by atomic mass is 10.0. The molecule has 7 saturated carbocycles. The molecule has 3 aliphatic heterocycles. The van der Waals surface area contributed by atoms with Crippen molar-refractivity contribution in [1.82, 2.24) is 0 Å². The predicted octanol–water partition coefficient (Wildman–Crippen LogP) is 14.0. The fraction of sp³-hybridized carbons (Fsp3) is 0.882. The first-order valence-corrected chi connectivity index (χ1v) is 44.9. The van der Waals surface area contributed by atoms with E-state index in [4.69, 9.17) is 57.2 Å². The zero-order valence-electron chi connectivity index (χ0n) is 44.1. The largest absolute Gasteiger partial charge is 0.515 e. The number of rotatable bonds is 12. The topological polar surface area (TPSA) is 122 Å². The van der Waals surface area contributed by atoms with Gasteiger partial charge in [-0.15, -0.1) is 11.6 Å².